The van der Waals surface area contributed by atoms with Crippen molar-refractivity contribution in [2.24, 2.45) is 5.73 Å². The van der Waals surface area contributed by atoms with Crippen LogP contribution in [0.25, 0.3) is 0 Å². The summed E-state index contributed by atoms with van der Waals surface area (Å²) in [5.74, 6) is 0.793. The lowest BCUT2D eigenvalue weighted by molar-refractivity contribution is 0.461. The summed E-state index contributed by atoms with van der Waals surface area (Å²) in [7, 11) is 0. The lowest BCUT2D eigenvalue weighted by Gasteiger charge is -2.12. The fraction of sp³-hybridized carbons (Fsp3) is 0.231. The van der Waals surface area contributed by atoms with Gasteiger partial charge >= 0.3 is 0 Å². The van der Waals surface area contributed by atoms with Gasteiger partial charge in [0.05, 0.1) is 22.4 Å². The zero-order chi connectivity index (χ0) is 12.4. The molecule has 1 aromatic carbocycles. The Morgan fingerprint density at radius 2 is 2.06 bits per heavy atom. The van der Waals surface area contributed by atoms with Crippen molar-refractivity contribution in [1.82, 2.24) is 0 Å². The van der Waals surface area contributed by atoms with Crippen LogP contribution < -0.4 is 5.73 Å². The minimum atomic E-state index is -0.207. The molecule has 0 spiro atoms. The molecule has 2 nitrogen and oxygen atoms in total. The molecule has 0 aliphatic rings. The number of benzene rings is 1. The molecule has 17 heavy (non-hydrogen) atoms. The minimum Gasteiger partial charge on any atom is -0.467 e. The summed E-state index contributed by atoms with van der Waals surface area (Å²) in [4.78, 5) is 0. The largest absolute Gasteiger partial charge is 0.467 e. The summed E-state index contributed by atoms with van der Waals surface area (Å²) < 4.78 is 5.37. The number of hydrogen-bond acceptors (Lipinski definition) is 2. The molecule has 0 amide bonds. The Bertz CT molecular complexity index is 522. The van der Waals surface area contributed by atoms with Crippen molar-refractivity contribution in [3.8, 4) is 0 Å². The summed E-state index contributed by atoms with van der Waals surface area (Å²) in [5, 5.41) is 1.11. The van der Waals surface area contributed by atoms with Crippen LogP contribution in [0.4, 0.5) is 0 Å². The van der Waals surface area contributed by atoms with Gasteiger partial charge in [-0.05, 0) is 36.6 Å². The van der Waals surface area contributed by atoms with E-state index in [2.05, 4.69) is 0 Å². The van der Waals surface area contributed by atoms with Gasteiger partial charge in [-0.1, -0.05) is 35.3 Å². The highest BCUT2D eigenvalue weighted by atomic mass is 35.5. The van der Waals surface area contributed by atoms with Gasteiger partial charge in [-0.3, -0.25) is 0 Å². The first-order chi connectivity index (χ1) is 8.09. The summed E-state index contributed by atoms with van der Waals surface area (Å²) in [6, 6.07) is 7.24. The summed E-state index contributed by atoms with van der Waals surface area (Å²) in [6.07, 6.45) is 2.25. The molecule has 0 saturated carbocycles. The second kappa shape index (κ2) is 5.13. The Morgan fingerprint density at radius 3 is 2.71 bits per heavy atom. The van der Waals surface area contributed by atoms with Gasteiger partial charge in [0, 0.05) is 0 Å². The Kier molecular flexibility index (Phi) is 3.77. The molecule has 1 aromatic heterocycles. The van der Waals surface area contributed by atoms with Gasteiger partial charge in [-0.15, -0.1) is 0 Å². The second-order valence-electron chi connectivity index (χ2n) is 3.99. The Labute approximate surface area is 110 Å². The van der Waals surface area contributed by atoms with Crippen LogP contribution in [-0.4, -0.2) is 0 Å². The minimum absolute atomic E-state index is 0.207. The third-order valence-corrected chi connectivity index (χ3v) is 3.57. The zero-order valence-electron chi connectivity index (χ0n) is 9.41. The van der Waals surface area contributed by atoms with E-state index in [9.17, 15) is 0 Å². The molecule has 2 aromatic rings. The second-order valence-corrected chi connectivity index (χ2v) is 4.78. The lowest BCUT2D eigenvalue weighted by atomic mass is 10.0. The summed E-state index contributed by atoms with van der Waals surface area (Å²) in [6.45, 7) is 1.97. The van der Waals surface area contributed by atoms with E-state index in [0.717, 1.165) is 16.9 Å². The molecule has 0 bridgehead atoms. The molecule has 2 rings (SSSR count). The van der Waals surface area contributed by atoms with Gasteiger partial charge in [0.25, 0.3) is 0 Å². The topological polar surface area (TPSA) is 39.2 Å². The quantitative estimate of drug-likeness (QED) is 0.910. The van der Waals surface area contributed by atoms with Gasteiger partial charge in [0.2, 0.25) is 0 Å². The normalized spacial score (nSPS) is 12.7. The van der Waals surface area contributed by atoms with Crippen molar-refractivity contribution < 1.29 is 4.42 Å². The van der Waals surface area contributed by atoms with Crippen LogP contribution in [0.15, 0.2) is 34.9 Å². The van der Waals surface area contributed by atoms with Crippen molar-refractivity contribution in [2.75, 3.05) is 0 Å². The molecule has 1 atom stereocenters. The van der Waals surface area contributed by atoms with E-state index in [-0.39, 0.29) is 6.04 Å². The van der Waals surface area contributed by atoms with Crippen LogP contribution in [0.3, 0.4) is 0 Å². The van der Waals surface area contributed by atoms with Gasteiger partial charge in [0.1, 0.15) is 5.76 Å². The van der Waals surface area contributed by atoms with Crippen LogP contribution in [-0.2, 0) is 6.42 Å². The van der Waals surface area contributed by atoms with Crippen LogP contribution in [0.5, 0.6) is 0 Å². The number of furan rings is 1. The van der Waals surface area contributed by atoms with E-state index in [1.807, 2.05) is 25.1 Å². The van der Waals surface area contributed by atoms with Gasteiger partial charge in [-0.2, -0.15) is 0 Å². The average molecular weight is 270 g/mol. The molecule has 0 aliphatic heterocycles. The molecular weight excluding hydrogens is 257 g/mol. The standard InChI is InChI=1S/C13H13Cl2NO/c1-8-5-6-17-13(8)11(16)7-9-3-2-4-10(14)12(9)15/h2-6,11H,7,16H2,1H3. The van der Waals surface area contributed by atoms with Crippen molar-refractivity contribution in [2.45, 2.75) is 19.4 Å². The van der Waals surface area contributed by atoms with Gasteiger partial charge < -0.3 is 10.2 Å². The third kappa shape index (κ3) is 2.65. The molecule has 0 aliphatic carbocycles. The van der Waals surface area contributed by atoms with E-state index >= 15 is 0 Å². The van der Waals surface area contributed by atoms with Gasteiger partial charge in [0.15, 0.2) is 0 Å². The summed E-state index contributed by atoms with van der Waals surface area (Å²) in [5.41, 5.74) is 8.08. The first kappa shape index (κ1) is 12.5. The van der Waals surface area contributed by atoms with E-state index in [1.54, 1.807) is 12.3 Å². The van der Waals surface area contributed by atoms with Crippen LogP contribution in [0.1, 0.15) is 22.9 Å². The first-order valence-electron chi connectivity index (χ1n) is 5.32. The van der Waals surface area contributed by atoms with Crippen molar-refractivity contribution >= 4 is 23.2 Å². The maximum Gasteiger partial charge on any atom is 0.123 e. The number of halogens is 2. The molecule has 4 heteroatoms. The molecule has 0 saturated heterocycles. The first-order valence-corrected chi connectivity index (χ1v) is 6.07. The average Bonchev–Trinajstić information content (AvgIpc) is 2.71. The zero-order valence-corrected chi connectivity index (χ0v) is 10.9. The van der Waals surface area contributed by atoms with E-state index in [4.69, 9.17) is 33.4 Å². The maximum absolute atomic E-state index is 6.12. The molecule has 90 valence electrons. The predicted molar refractivity (Wildman–Crippen MR) is 70.5 cm³/mol. The molecule has 0 fully saturated rings. The fourth-order valence-electron chi connectivity index (χ4n) is 1.80. The SMILES string of the molecule is Cc1ccoc1C(N)Cc1cccc(Cl)c1Cl. The van der Waals surface area contributed by atoms with E-state index in [0.29, 0.717) is 16.5 Å². The van der Waals surface area contributed by atoms with E-state index < -0.39 is 0 Å². The highest BCUT2D eigenvalue weighted by Gasteiger charge is 2.15. The lowest BCUT2D eigenvalue weighted by Crippen LogP contribution is -2.13. The number of aryl methyl sites for hydroxylation is 1. The highest BCUT2D eigenvalue weighted by molar-refractivity contribution is 6.42. The maximum atomic E-state index is 6.12. The molecule has 1 heterocycles. The van der Waals surface area contributed by atoms with Crippen molar-refractivity contribution in [1.29, 1.82) is 0 Å². The Morgan fingerprint density at radius 1 is 1.29 bits per heavy atom. The molecule has 2 N–H and O–H groups in total. The number of rotatable bonds is 3. The van der Waals surface area contributed by atoms with Crippen molar-refractivity contribution in [3.63, 3.8) is 0 Å². The molecule has 0 radical (unpaired) electrons. The number of nitrogens with two attached hydrogens (primary N) is 1. The van der Waals surface area contributed by atoms with E-state index in [1.165, 1.54) is 0 Å². The predicted octanol–water partition coefficient (Wildman–Crippen LogP) is 4.14. The Hall–Kier alpha value is -0.960. The fourth-order valence-corrected chi connectivity index (χ4v) is 2.20. The van der Waals surface area contributed by atoms with Crippen molar-refractivity contribution in [3.05, 3.63) is 57.5 Å². The molecule has 1 unspecified atom stereocenters. The summed E-state index contributed by atoms with van der Waals surface area (Å²) >= 11 is 12.1. The third-order valence-electron chi connectivity index (χ3n) is 2.71. The Balaban J connectivity index is 2.22. The highest BCUT2D eigenvalue weighted by Crippen LogP contribution is 2.29. The van der Waals surface area contributed by atoms with Gasteiger partial charge in [-0.25, -0.2) is 0 Å². The smallest absolute Gasteiger partial charge is 0.123 e. The van der Waals surface area contributed by atoms with Crippen LogP contribution in [0, 0.1) is 6.92 Å². The van der Waals surface area contributed by atoms with Crippen LogP contribution >= 0.6 is 23.2 Å². The number of hydrogen-bond donors (Lipinski definition) is 1. The monoisotopic (exact) mass is 269 g/mol. The molecular formula is C13H13Cl2NO. The van der Waals surface area contributed by atoms with Crippen LogP contribution in [0.2, 0.25) is 10.0 Å².